The zero-order chi connectivity index (χ0) is 27.1. The topological polar surface area (TPSA) is 142 Å². The number of methoxy groups -OCH3 is 1. The van der Waals surface area contributed by atoms with Gasteiger partial charge in [0.05, 0.1) is 18.8 Å². The monoisotopic (exact) mass is 525 g/mol. The number of nitrogens with one attached hydrogen (secondary N) is 2. The summed E-state index contributed by atoms with van der Waals surface area (Å²) in [5.74, 6) is -1.10. The largest absolute Gasteiger partial charge is 0.496 e. The predicted octanol–water partition coefficient (Wildman–Crippen LogP) is 3.70. The molecule has 1 saturated heterocycles. The highest BCUT2D eigenvalue weighted by molar-refractivity contribution is 7.92. The summed E-state index contributed by atoms with van der Waals surface area (Å²) in [7, 11) is -1.97. The molecule has 0 spiro atoms. The first-order valence-corrected chi connectivity index (χ1v) is 13.3. The average Bonchev–Trinajstić information content (AvgIpc) is 2.81. The molecule has 0 bridgehead atoms. The van der Waals surface area contributed by atoms with Crippen LogP contribution in [0.25, 0.3) is 21.9 Å². The third kappa shape index (κ3) is 5.21. The number of fused-ring (bicyclic) bond motifs is 1. The highest BCUT2D eigenvalue weighted by Crippen LogP contribution is 2.43. The normalized spacial score (nSPS) is 14.4. The van der Waals surface area contributed by atoms with E-state index in [0.717, 1.165) is 17.0 Å². The summed E-state index contributed by atoms with van der Waals surface area (Å²) >= 11 is 0. The molecule has 3 aromatic rings. The van der Waals surface area contributed by atoms with Gasteiger partial charge in [-0.25, -0.2) is 13.2 Å². The van der Waals surface area contributed by atoms with Crippen molar-refractivity contribution in [3.05, 3.63) is 54.1 Å². The summed E-state index contributed by atoms with van der Waals surface area (Å²) in [6, 6.07) is 13.4. The Bertz CT molecular complexity index is 1550. The van der Waals surface area contributed by atoms with Crippen LogP contribution in [-0.2, 0) is 25.0 Å². The van der Waals surface area contributed by atoms with Crippen LogP contribution in [0.1, 0.15) is 25.8 Å². The summed E-state index contributed by atoms with van der Waals surface area (Å²) in [4.78, 5) is 37.9. The maximum atomic E-state index is 12.6. The highest BCUT2D eigenvalue weighted by Gasteiger charge is 2.36. The molecule has 1 heterocycles. The van der Waals surface area contributed by atoms with Gasteiger partial charge in [-0.2, -0.15) is 0 Å². The fourth-order valence-electron chi connectivity index (χ4n) is 4.28. The van der Waals surface area contributed by atoms with Crippen molar-refractivity contribution in [2.45, 2.75) is 25.7 Å². The minimum Gasteiger partial charge on any atom is -0.496 e. The molecule has 1 fully saturated rings. The Balaban J connectivity index is 1.91. The van der Waals surface area contributed by atoms with Crippen molar-refractivity contribution in [1.29, 1.82) is 0 Å². The molecule has 10 nitrogen and oxygen atoms in total. The van der Waals surface area contributed by atoms with E-state index in [1.165, 1.54) is 12.0 Å². The van der Waals surface area contributed by atoms with Crippen LogP contribution in [0.2, 0.25) is 0 Å². The number of nitrogens with zero attached hydrogens (tertiary/aromatic N) is 1. The van der Waals surface area contributed by atoms with Gasteiger partial charge in [-0.05, 0) is 60.5 Å². The van der Waals surface area contributed by atoms with E-state index in [9.17, 15) is 27.9 Å². The summed E-state index contributed by atoms with van der Waals surface area (Å²) in [6.45, 7) is 3.26. The predicted molar refractivity (Wildman–Crippen MR) is 141 cm³/mol. The first-order chi connectivity index (χ1) is 17.3. The Morgan fingerprint density at radius 1 is 1.08 bits per heavy atom. The summed E-state index contributed by atoms with van der Waals surface area (Å²) < 4.78 is 31.4. The maximum Gasteiger partial charge on any atom is 0.328 e. The van der Waals surface area contributed by atoms with E-state index >= 15 is 0 Å². The lowest BCUT2D eigenvalue weighted by Gasteiger charge is -2.30. The number of aliphatic carboxylic acids is 1. The summed E-state index contributed by atoms with van der Waals surface area (Å²) in [5.41, 5.74) is 1.13. The third-order valence-electron chi connectivity index (χ3n) is 6.31. The van der Waals surface area contributed by atoms with Crippen LogP contribution >= 0.6 is 0 Å². The number of carboxylic acids is 1. The van der Waals surface area contributed by atoms with Gasteiger partial charge in [0, 0.05) is 35.5 Å². The molecule has 11 heteroatoms. The Morgan fingerprint density at radius 2 is 1.76 bits per heavy atom. The van der Waals surface area contributed by atoms with Crippen molar-refractivity contribution < 1.29 is 32.6 Å². The molecular weight excluding hydrogens is 498 g/mol. The molecule has 194 valence electrons. The van der Waals surface area contributed by atoms with E-state index in [2.05, 4.69) is 10.0 Å². The Morgan fingerprint density at radius 3 is 2.38 bits per heavy atom. The first-order valence-electron chi connectivity index (χ1n) is 11.4. The number of ether oxygens (including phenoxy) is 1. The number of carbonyl (C=O) groups excluding carboxylic acids is 2. The van der Waals surface area contributed by atoms with E-state index in [0.29, 0.717) is 33.8 Å². The lowest BCUT2D eigenvalue weighted by molar-refractivity contribution is -0.142. The number of sulfonamides is 1. The summed E-state index contributed by atoms with van der Waals surface area (Å²) in [6.07, 6.45) is 1.19. The molecule has 0 saturated carbocycles. The highest BCUT2D eigenvalue weighted by atomic mass is 32.2. The number of rotatable bonds is 7. The van der Waals surface area contributed by atoms with Gasteiger partial charge in [0.15, 0.2) is 0 Å². The van der Waals surface area contributed by atoms with Gasteiger partial charge in [0.25, 0.3) is 0 Å². The SMILES string of the molecule is COc1c(-c2ccc3cc(NS(C)(=O)=O)ccc3c2)cc(N2CCC(=O)NC2=O)cc1C(C)(C)C(=O)O. The third-order valence-corrected chi connectivity index (χ3v) is 6.91. The van der Waals surface area contributed by atoms with Gasteiger partial charge in [-0.15, -0.1) is 0 Å². The van der Waals surface area contributed by atoms with Gasteiger partial charge < -0.3 is 9.84 Å². The van der Waals surface area contributed by atoms with Gasteiger partial charge in [0.1, 0.15) is 5.75 Å². The molecule has 3 N–H and O–H groups in total. The van der Waals surface area contributed by atoms with Gasteiger partial charge >= 0.3 is 12.0 Å². The van der Waals surface area contributed by atoms with Crippen molar-refractivity contribution in [3.63, 3.8) is 0 Å². The van der Waals surface area contributed by atoms with Crippen molar-refractivity contribution >= 4 is 50.1 Å². The van der Waals surface area contributed by atoms with Gasteiger partial charge in [-0.3, -0.25) is 24.5 Å². The molecular formula is C26H27N3O7S. The molecule has 0 atom stereocenters. The standard InChI is InChI=1S/C26H27N3O7S/c1-26(2,24(31)32)21-14-19(29-10-9-22(30)27-25(29)33)13-20(23(21)36-3)17-6-5-16-12-18(28-37(4,34)35)8-7-15(16)11-17/h5-8,11-14,28H,9-10H2,1-4H3,(H,31,32)(H,27,30,33). The maximum absolute atomic E-state index is 12.6. The smallest absolute Gasteiger partial charge is 0.328 e. The van der Waals surface area contributed by atoms with Crippen LogP contribution in [0.4, 0.5) is 16.2 Å². The van der Waals surface area contributed by atoms with Gasteiger partial charge in [-0.1, -0.05) is 18.2 Å². The molecule has 37 heavy (non-hydrogen) atoms. The molecule has 0 unspecified atom stereocenters. The second-order valence-electron chi connectivity index (χ2n) is 9.41. The number of anilines is 2. The van der Waals surface area contributed by atoms with Gasteiger partial charge in [0.2, 0.25) is 15.9 Å². The second kappa shape index (κ2) is 9.40. The summed E-state index contributed by atoms with van der Waals surface area (Å²) in [5, 5.41) is 13.9. The number of amides is 3. The van der Waals surface area contributed by atoms with Crippen LogP contribution in [-0.4, -0.2) is 51.3 Å². The van der Waals surface area contributed by atoms with Crippen molar-refractivity contribution in [2.24, 2.45) is 0 Å². The van der Waals surface area contributed by atoms with E-state index in [1.54, 1.807) is 44.2 Å². The Hall–Kier alpha value is -4.12. The van der Waals surface area contributed by atoms with Crippen molar-refractivity contribution in [3.8, 4) is 16.9 Å². The number of carboxylic acid groups (broad SMARTS) is 1. The number of hydrogen-bond donors (Lipinski definition) is 3. The molecule has 0 aliphatic carbocycles. The van der Waals surface area contributed by atoms with Crippen molar-refractivity contribution in [1.82, 2.24) is 5.32 Å². The van der Waals surface area contributed by atoms with Crippen LogP contribution in [0, 0.1) is 0 Å². The van der Waals surface area contributed by atoms with Crippen LogP contribution in [0.3, 0.4) is 0 Å². The molecule has 0 aromatic heterocycles. The zero-order valence-corrected chi connectivity index (χ0v) is 21.6. The Kier molecular flexibility index (Phi) is 6.59. The van der Waals surface area contributed by atoms with Crippen LogP contribution in [0.15, 0.2) is 48.5 Å². The molecule has 0 radical (unpaired) electrons. The van der Waals surface area contributed by atoms with E-state index < -0.39 is 27.4 Å². The molecule has 3 amide bonds. The molecule has 1 aliphatic rings. The average molecular weight is 526 g/mol. The quantitative estimate of drug-likeness (QED) is 0.427. The number of carbonyl (C=O) groups is 3. The lowest BCUT2D eigenvalue weighted by atomic mass is 9.81. The zero-order valence-electron chi connectivity index (χ0n) is 20.8. The second-order valence-corrected chi connectivity index (χ2v) is 11.2. The van der Waals surface area contributed by atoms with Crippen LogP contribution < -0.4 is 19.7 Å². The van der Waals surface area contributed by atoms with E-state index in [1.807, 2.05) is 18.2 Å². The lowest BCUT2D eigenvalue weighted by Crippen LogP contribution is -2.49. The number of urea groups is 1. The minimum atomic E-state index is -3.43. The van der Waals surface area contributed by atoms with E-state index in [-0.39, 0.29) is 18.9 Å². The van der Waals surface area contributed by atoms with Crippen LogP contribution in [0.5, 0.6) is 5.75 Å². The fraction of sp³-hybridized carbons (Fsp3) is 0.269. The van der Waals surface area contributed by atoms with Crippen molar-refractivity contribution in [2.75, 3.05) is 29.5 Å². The molecule has 3 aromatic carbocycles. The number of benzene rings is 3. The minimum absolute atomic E-state index is 0.116. The molecule has 4 rings (SSSR count). The van der Waals surface area contributed by atoms with E-state index in [4.69, 9.17) is 4.74 Å². The first kappa shape index (κ1) is 26.0. The fourth-order valence-corrected chi connectivity index (χ4v) is 4.84. The number of hydrogen-bond acceptors (Lipinski definition) is 6. The molecule has 1 aliphatic heterocycles. The number of imide groups is 1. The Labute approximate surface area is 214 Å².